The number of aliphatic carboxylic acids is 2. The van der Waals surface area contributed by atoms with Gasteiger partial charge in [0.1, 0.15) is 6.04 Å². The van der Waals surface area contributed by atoms with Gasteiger partial charge in [-0.2, -0.15) is 4.72 Å². The van der Waals surface area contributed by atoms with Gasteiger partial charge in [-0.05, 0) is 40.5 Å². The number of hydrogen-bond donors (Lipinski definition) is 3. The van der Waals surface area contributed by atoms with Gasteiger partial charge >= 0.3 is 11.9 Å². The molecule has 0 aliphatic carbocycles. The van der Waals surface area contributed by atoms with E-state index in [1.165, 1.54) is 6.07 Å². The van der Waals surface area contributed by atoms with Gasteiger partial charge < -0.3 is 10.2 Å². The van der Waals surface area contributed by atoms with Crippen molar-refractivity contribution < 1.29 is 28.2 Å². The first kappa shape index (κ1) is 16.6. The Bertz CT molecular complexity index is 642. The summed E-state index contributed by atoms with van der Waals surface area (Å²) in [7, 11) is -4.14. The van der Waals surface area contributed by atoms with Crippen molar-refractivity contribution in [2.75, 3.05) is 0 Å². The molecule has 0 saturated carbocycles. The molecule has 0 amide bonds. The molecule has 7 nitrogen and oxygen atoms in total. The predicted octanol–water partition coefficient (Wildman–Crippen LogP) is 0.964. The topological polar surface area (TPSA) is 121 Å². The molecule has 0 aromatic heterocycles. The van der Waals surface area contributed by atoms with Crippen molar-refractivity contribution in [3.05, 3.63) is 28.2 Å². The van der Waals surface area contributed by atoms with Crippen LogP contribution in [0.3, 0.4) is 0 Å². The van der Waals surface area contributed by atoms with Gasteiger partial charge in [-0.3, -0.25) is 9.59 Å². The summed E-state index contributed by atoms with van der Waals surface area (Å²) >= 11 is 3.08. The molecule has 3 N–H and O–H groups in total. The van der Waals surface area contributed by atoms with Crippen LogP contribution >= 0.6 is 15.9 Å². The van der Waals surface area contributed by atoms with Gasteiger partial charge in [0.2, 0.25) is 10.0 Å². The van der Waals surface area contributed by atoms with E-state index in [0.29, 0.717) is 0 Å². The SMILES string of the molecule is Cc1ccc(S(=O)(=O)N[C@H](CC(=O)O)C(=O)O)c(Br)c1. The molecule has 0 bridgehead atoms. The van der Waals surface area contributed by atoms with E-state index in [1.807, 2.05) is 4.72 Å². The molecular weight excluding hydrogens is 354 g/mol. The zero-order valence-electron chi connectivity index (χ0n) is 10.3. The van der Waals surface area contributed by atoms with E-state index in [-0.39, 0.29) is 9.37 Å². The lowest BCUT2D eigenvalue weighted by Crippen LogP contribution is -2.42. The number of halogens is 1. The van der Waals surface area contributed by atoms with Gasteiger partial charge in [-0.15, -0.1) is 0 Å². The minimum absolute atomic E-state index is 0.153. The number of carboxylic acid groups (broad SMARTS) is 2. The largest absolute Gasteiger partial charge is 0.481 e. The average Bonchev–Trinajstić information content (AvgIpc) is 2.26. The van der Waals surface area contributed by atoms with E-state index in [9.17, 15) is 18.0 Å². The summed E-state index contributed by atoms with van der Waals surface area (Å²) in [4.78, 5) is 21.3. The average molecular weight is 366 g/mol. The molecule has 1 aromatic rings. The van der Waals surface area contributed by atoms with E-state index < -0.39 is 34.4 Å². The Hall–Kier alpha value is -1.45. The van der Waals surface area contributed by atoms with Crippen molar-refractivity contribution in [2.45, 2.75) is 24.3 Å². The number of carbonyl (C=O) groups is 2. The maximum atomic E-state index is 12.1. The zero-order valence-corrected chi connectivity index (χ0v) is 12.7. The summed E-state index contributed by atoms with van der Waals surface area (Å²) in [6, 6.07) is 2.68. The number of carboxylic acids is 2. The molecule has 0 heterocycles. The first-order chi connectivity index (χ1) is 9.13. The smallest absolute Gasteiger partial charge is 0.322 e. The van der Waals surface area contributed by atoms with Crippen LogP contribution in [0.5, 0.6) is 0 Å². The molecule has 0 unspecified atom stereocenters. The van der Waals surface area contributed by atoms with Crippen LogP contribution in [0, 0.1) is 6.92 Å². The number of sulfonamides is 1. The Labute approximate surface area is 123 Å². The number of benzene rings is 1. The van der Waals surface area contributed by atoms with Crippen molar-refractivity contribution in [3.63, 3.8) is 0 Å². The van der Waals surface area contributed by atoms with Crippen molar-refractivity contribution in [2.24, 2.45) is 0 Å². The van der Waals surface area contributed by atoms with Crippen LogP contribution in [0.4, 0.5) is 0 Å². The maximum absolute atomic E-state index is 12.1. The quantitative estimate of drug-likeness (QED) is 0.690. The van der Waals surface area contributed by atoms with Gasteiger partial charge in [0.05, 0.1) is 11.3 Å². The third kappa shape index (κ3) is 4.29. The highest BCUT2D eigenvalue weighted by Gasteiger charge is 2.28. The molecule has 9 heteroatoms. The van der Waals surface area contributed by atoms with Crippen molar-refractivity contribution >= 4 is 37.9 Å². The first-order valence-corrected chi connectivity index (χ1v) is 7.64. The van der Waals surface area contributed by atoms with E-state index in [2.05, 4.69) is 15.9 Å². The second-order valence-electron chi connectivity index (χ2n) is 4.04. The standard InChI is InChI=1S/C11H12BrNO6S/c1-6-2-3-9(7(12)4-6)20(18,19)13-8(11(16)17)5-10(14)15/h2-4,8,13H,5H2,1H3,(H,14,15)(H,16,17)/t8-/m1/s1. The maximum Gasteiger partial charge on any atom is 0.322 e. The molecule has 1 atom stereocenters. The molecule has 0 spiro atoms. The number of nitrogens with one attached hydrogen (secondary N) is 1. The number of rotatable bonds is 6. The molecule has 110 valence electrons. The van der Waals surface area contributed by atoms with Crippen molar-refractivity contribution in [1.82, 2.24) is 4.72 Å². The molecule has 0 radical (unpaired) electrons. The predicted molar refractivity (Wildman–Crippen MR) is 72.9 cm³/mol. The number of hydrogen-bond acceptors (Lipinski definition) is 4. The molecular formula is C11H12BrNO6S. The van der Waals surface area contributed by atoms with Gasteiger partial charge in [0, 0.05) is 4.47 Å². The Morgan fingerprint density at radius 1 is 1.35 bits per heavy atom. The lowest BCUT2D eigenvalue weighted by Gasteiger charge is -2.14. The van der Waals surface area contributed by atoms with E-state index in [0.717, 1.165) is 5.56 Å². The minimum Gasteiger partial charge on any atom is -0.481 e. The molecule has 0 aliphatic heterocycles. The minimum atomic E-state index is -4.14. The van der Waals surface area contributed by atoms with Crippen LogP contribution in [0.1, 0.15) is 12.0 Å². The summed E-state index contributed by atoms with van der Waals surface area (Å²) in [5, 5.41) is 17.4. The summed E-state index contributed by atoms with van der Waals surface area (Å²) < 4.78 is 26.3. The zero-order chi connectivity index (χ0) is 15.5. The van der Waals surface area contributed by atoms with Crippen LogP contribution in [0.25, 0.3) is 0 Å². The molecule has 0 aliphatic rings. The Morgan fingerprint density at radius 2 is 1.95 bits per heavy atom. The number of aryl methyl sites for hydroxylation is 1. The fourth-order valence-corrected chi connectivity index (χ4v) is 3.81. The Balaban J connectivity index is 3.09. The Kier molecular flexibility index (Phi) is 5.26. The fraction of sp³-hybridized carbons (Fsp3) is 0.273. The summed E-state index contributed by atoms with van der Waals surface area (Å²) in [6.07, 6.45) is -0.849. The fourth-order valence-electron chi connectivity index (χ4n) is 1.43. The van der Waals surface area contributed by atoms with Gasteiger partial charge in [-0.1, -0.05) is 6.07 Å². The second kappa shape index (κ2) is 6.33. The van der Waals surface area contributed by atoms with Gasteiger partial charge in [0.25, 0.3) is 0 Å². The van der Waals surface area contributed by atoms with Gasteiger partial charge in [0.15, 0.2) is 0 Å². The van der Waals surface area contributed by atoms with Crippen LogP contribution in [0.15, 0.2) is 27.6 Å². The van der Waals surface area contributed by atoms with Crippen molar-refractivity contribution in [3.8, 4) is 0 Å². The Morgan fingerprint density at radius 3 is 2.40 bits per heavy atom. The van der Waals surface area contributed by atoms with Crippen molar-refractivity contribution in [1.29, 1.82) is 0 Å². The molecule has 0 saturated heterocycles. The monoisotopic (exact) mass is 365 g/mol. The highest BCUT2D eigenvalue weighted by atomic mass is 79.9. The summed E-state index contributed by atoms with van der Waals surface area (Å²) in [6.45, 7) is 1.76. The van der Waals surface area contributed by atoms with Crippen LogP contribution in [-0.2, 0) is 19.6 Å². The van der Waals surface area contributed by atoms with Crippen LogP contribution in [-0.4, -0.2) is 36.6 Å². The highest BCUT2D eigenvalue weighted by molar-refractivity contribution is 9.10. The molecule has 20 heavy (non-hydrogen) atoms. The van der Waals surface area contributed by atoms with Crippen LogP contribution in [0.2, 0.25) is 0 Å². The third-order valence-corrected chi connectivity index (χ3v) is 4.80. The molecule has 1 rings (SSSR count). The highest BCUT2D eigenvalue weighted by Crippen LogP contribution is 2.23. The normalized spacial score (nSPS) is 12.9. The third-order valence-electron chi connectivity index (χ3n) is 2.35. The first-order valence-electron chi connectivity index (χ1n) is 5.36. The lowest BCUT2D eigenvalue weighted by atomic mass is 10.2. The van der Waals surface area contributed by atoms with Gasteiger partial charge in [-0.25, -0.2) is 8.42 Å². The molecule has 1 aromatic carbocycles. The summed E-state index contributed by atoms with van der Waals surface area (Å²) in [5.41, 5.74) is 0.816. The van der Waals surface area contributed by atoms with E-state index in [4.69, 9.17) is 10.2 Å². The lowest BCUT2D eigenvalue weighted by molar-refractivity contribution is -0.145. The second-order valence-corrected chi connectivity index (χ2v) is 6.58. The van der Waals surface area contributed by atoms with Crippen LogP contribution < -0.4 is 4.72 Å². The molecule has 0 fully saturated rings. The summed E-state index contributed by atoms with van der Waals surface area (Å²) in [5.74, 6) is -2.97. The van der Waals surface area contributed by atoms with E-state index >= 15 is 0 Å². The van der Waals surface area contributed by atoms with E-state index in [1.54, 1.807) is 19.1 Å².